The first-order valence-corrected chi connectivity index (χ1v) is 10.9. The molecule has 1 unspecified atom stereocenters. The van der Waals surface area contributed by atoms with Crippen molar-refractivity contribution < 1.29 is 18.8 Å². The van der Waals surface area contributed by atoms with Crippen LogP contribution in [0.15, 0.2) is 62.6 Å². The lowest BCUT2D eigenvalue weighted by molar-refractivity contribution is -0.142. The molecule has 12 heteroatoms. The van der Waals surface area contributed by atoms with Gasteiger partial charge in [-0.25, -0.2) is 14.4 Å². The summed E-state index contributed by atoms with van der Waals surface area (Å²) in [6, 6.07) is 11.9. The summed E-state index contributed by atoms with van der Waals surface area (Å²) in [6.07, 6.45) is -1.15. The average Bonchev–Trinajstić information content (AvgIpc) is 3.17. The van der Waals surface area contributed by atoms with Crippen LogP contribution >= 0.6 is 23.2 Å². The molecule has 0 bridgehead atoms. The van der Waals surface area contributed by atoms with Gasteiger partial charge < -0.3 is 14.2 Å². The number of ether oxygens (including phenoxy) is 1. The third-order valence-corrected chi connectivity index (χ3v) is 6.11. The largest absolute Gasteiger partial charge is 0.468 e. The highest BCUT2D eigenvalue weighted by molar-refractivity contribution is 6.31. The SMILES string of the molecule is COC(=O)CN1C(=O)N(c2cccc(Cl)c2)C(n2oc(=O)n(-c3cccc(Cl)c3)c2=O)C1(C)C. The number of aromatic nitrogens is 2. The highest BCUT2D eigenvalue weighted by atomic mass is 35.5. The second-order valence-corrected chi connectivity index (χ2v) is 8.98. The minimum atomic E-state index is -1.20. The summed E-state index contributed by atoms with van der Waals surface area (Å²) >= 11 is 12.2. The van der Waals surface area contributed by atoms with Crippen LogP contribution in [0.4, 0.5) is 10.5 Å². The number of hydrogen-bond donors (Lipinski definition) is 0. The van der Waals surface area contributed by atoms with Crippen molar-refractivity contribution in [2.45, 2.75) is 25.6 Å². The molecule has 1 aromatic heterocycles. The molecule has 0 spiro atoms. The van der Waals surface area contributed by atoms with Crippen molar-refractivity contribution >= 4 is 40.9 Å². The Bertz CT molecular complexity index is 1390. The average molecular weight is 507 g/mol. The lowest BCUT2D eigenvalue weighted by atomic mass is 10.0. The molecular formula is C22H20Cl2N4O6. The summed E-state index contributed by atoms with van der Waals surface area (Å²) in [7, 11) is 1.21. The molecule has 0 N–H and O–H groups in total. The number of methoxy groups -OCH3 is 1. The predicted octanol–water partition coefficient (Wildman–Crippen LogP) is 3.29. The number of hydrogen-bond acceptors (Lipinski definition) is 6. The second kappa shape index (κ2) is 8.69. The van der Waals surface area contributed by atoms with Gasteiger partial charge in [0.1, 0.15) is 6.54 Å². The maximum atomic E-state index is 13.5. The molecule has 4 rings (SSSR count). The number of rotatable bonds is 5. The third-order valence-electron chi connectivity index (χ3n) is 5.64. The number of urea groups is 1. The van der Waals surface area contributed by atoms with E-state index in [1.807, 2.05) is 0 Å². The number of esters is 1. The molecule has 2 amide bonds. The van der Waals surface area contributed by atoms with Crippen LogP contribution < -0.4 is 16.3 Å². The summed E-state index contributed by atoms with van der Waals surface area (Å²) in [6.45, 7) is 2.91. The van der Waals surface area contributed by atoms with Gasteiger partial charge in [-0.05, 0) is 50.2 Å². The molecule has 1 aliphatic heterocycles. The molecule has 178 valence electrons. The topological polar surface area (TPSA) is 107 Å². The van der Waals surface area contributed by atoms with Gasteiger partial charge in [-0.2, -0.15) is 4.57 Å². The zero-order valence-corrected chi connectivity index (χ0v) is 19.9. The fraction of sp³-hybridized carbons (Fsp3) is 0.273. The molecule has 1 aliphatic rings. The van der Waals surface area contributed by atoms with Crippen molar-refractivity contribution in [3.63, 3.8) is 0 Å². The van der Waals surface area contributed by atoms with Crippen LogP contribution in [0.25, 0.3) is 5.69 Å². The van der Waals surface area contributed by atoms with Crippen LogP contribution in [0.2, 0.25) is 10.0 Å². The van der Waals surface area contributed by atoms with E-state index < -0.39 is 35.2 Å². The van der Waals surface area contributed by atoms with Gasteiger partial charge in [-0.3, -0.25) is 9.69 Å². The Balaban J connectivity index is 1.93. The molecule has 0 radical (unpaired) electrons. The fourth-order valence-corrected chi connectivity index (χ4v) is 4.37. The van der Waals surface area contributed by atoms with Crippen molar-refractivity contribution in [3.05, 3.63) is 79.6 Å². The van der Waals surface area contributed by atoms with Crippen molar-refractivity contribution in [1.29, 1.82) is 0 Å². The van der Waals surface area contributed by atoms with E-state index >= 15 is 0 Å². The number of carbonyl (C=O) groups excluding carboxylic acids is 2. The first-order valence-electron chi connectivity index (χ1n) is 10.1. The van der Waals surface area contributed by atoms with E-state index in [-0.39, 0.29) is 12.2 Å². The highest BCUT2D eigenvalue weighted by Crippen LogP contribution is 2.42. The van der Waals surface area contributed by atoms with E-state index in [4.69, 9.17) is 32.5 Å². The van der Waals surface area contributed by atoms with E-state index in [0.717, 1.165) is 9.31 Å². The Morgan fingerprint density at radius 3 is 2.21 bits per heavy atom. The molecule has 34 heavy (non-hydrogen) atoms. The Morgan fingerprint density at radius 2 is 1.62 bits per heavy atom. The number of carbonyl (C=O) groups is 2. The molecule has 1 saturated heterocycles. The first kappa shape index (κ1) is 23.7. The predicted molar refractivity (Wildman–Crippen MR) is 125 cm³/mol. The van der Waals surface area contributed by atoms with E-state index in [1.54, 1.807) is 44.2 Å². The summed E-state index contributed by atoms with van der Waals surface area (Å²) in [5, 5.41) is 0.663. The Hall–Kier alpha value is -3.50. The maximum Gasteiger partial charge on any atom is 0.447 e. The van der Waals surface area contributed by atoms with Gasteiger partial charge in [-0.15, -0.1) is 4.74 Å². The van der Waals surface area contributed by atoms with E-state index in [2.05, 4.69) is 0 Å². The summed E-state index contributed by atoms with van der Waals surface area (Å²) in [5.41, 5.74) is -1.49. The standard InChI is InChI=1S/C22H20Cl2N4O6/c1-22(2)18(28-20(31)27(21(32)34-28)16-9-5-7-14(24)11-16)26(15-8-4-6-13(23)10-15)19(30)25(22)12-17(29)33-3/h4-11,18H,12H2,1-3H3. The molecular weight excluding hydrogens is 487 g/mol. The van der Waals surface area contributed by atoms with Crippen molar-refractivity contribution in [1.82, 2.24) is 14.2 Å². The molecule has 3 aromatic rings. The van der Waals surface area contributed by atoms with Gasteiger partial charge in [0.05, 0.1) is 18.3 Å². The van der Waals surface area contributed by atoms with Gasteiger partial charge in [0.15, 0.2) is 6.17 Å². The van der Waals surface area contributed by atoms with Crippen LogP contribution in [0, 0.1) is 0 Å². The van der Waals surface area contributed by atoms with Crippen LogP contribution in [0.3, 0.4) is 0 Å². The zero-order chi connectivity index (χ0) is 24.8. The number of halogens is 2. The number of amides is 2. The Morgan fingerprint density at radius 1 is 1.03 bits per heavy atom. The molecule has 2 aromatic carbocycles. The van der Waals surface area contributed by atoms with Crippen LogP contribution in [0.1, 0.15) is 20.0 Å². The number of anilines is 1. The Labute approximate surface area is 203 Å². The quantitative estimate of drug-likeness (QED) is 0.491. The van der Waals surface area contributed by atoms with Crippen LogP contribution in [-0.2, 0) is 9.53 Å². The van der Waals surface area contributed by atoms with E-state index in [9.17, 15) is 19.2 Å². The smallest absolute Gasteiger partial charge is 0.447 e. The van der Waals surface area contributed by atoms with Gasteiger partial charge in [0, 0.05) is 15.7 Å². The van der Waals surface area contributed by atoms with Gasteiger partial charge >= 0.3 is 23.4 Å². The second-order valence-electron chi connectivity index (χ2n) is 8.10. The summed E-state index contributed by atoms with van der Waals surface area (Å²) < 4.78 is 11.7. The monoisotopic (exact) mass is 506 g/mol. The minimum Gasteiger partial charge on any atom is -0.468 e. The van der Waals surface area contributed by atoms with Crippen molar-refractivity contribution in [2.75, 3.05) is 18.6 Å². The van der Waals surface area contributed by atoms with Crippen LogP contribution in [-0.4, -0.2) is 45.4 Å². The maximum absolute atomic E-state index is 13.5. The number of benzene rings is 2. The molecule has 1 atom stereocenters. The molecule has 2 heterocycles. The Kier molecular flexibility index (Phi) is 6.05. The lowest BCUT2D eigenvalue weighted by Crippen LogP contribution is -2.48. The zero-order valence-electron chi connectivity index (χ0n) is 18.4. The van der Waals surface area contributed by atoms with Gasteiger partial charge in [0.2, 0.25) is 0 Å². The molecule has 0 saturated carbocycles. The minimum absolute atomic E-state index is 0.202. The molecule has 1 fully saturated rings. The highest BCUT2D eigenvalue weighted by Gasteiger charge is 2.55. The normalized spacial score (nSPS) is 17.3. The molecule has 10 nitrogen and oxygen atoms in total. The van der Waals surface area contributed by atoms with Crippen molar-refractivity contribution in [3.8, 4) is 5.69 Å². The fourth-order valence-electron chi connectivity index (χ4n) is 4.00. The summed E-state index contributed by atoms with van der Waals surface area (Å²) in [4.78, 5) is 54.3. The molecule has 0 aliphatic carbocycles. The van der Waals surface area contributed by atoms with Crippen molar-refractivity contribution in [2.24, 2.45) is 0 Å². The lowest BCUT2D eigenvalue weighted by Gasteiger charge is -2.33. The summed E-state index contributed by atoms with van der Waals surface area (Å²) in [5.74, 6) is -1.62. The third kappa shape index (κ3) is 3.88. The first-order chi connectivity index (χ1) is 16.1. The van der Waals surface area contributed by atoms with E-state index in [0.29, 0.717) is 15.7 Å². The van der Waals surface area contributed by atoms with Crippen LogP contribution in [0.5, 0.6) is 0 Å². The van der Waals surface area contributed by atoms with Gasteiger partial charge in [-0.1, -0.05) is 35.3 Å². The van der Waals surface area contributed by atoms with Gasteiger partial charge in [0.25, 0.3) is 0 Å². The number of nitrogens with zero attached hydrogens (tertiary/aromatic N) is 4. The van der Waals surface area contributed by atoms with E-state index in [1.165, 1.54) is 35.1 Å².